The molecule has 1 unspecified atom stereocenters. The molecule has 1 rings (SSSR count). The standard InChI is InChI=1S/C16H30N2O3/c1-6-15(4)14(20)18(11-9-10-12-21-5)16(7-2,8-3)13(19)17-15/h6-12H2,1-5H3,(H,17,19). The third kappa shape index (κ3) is 3.23. The lowest BCUT2D eigenvalue weighted by molar-refractivity contribution is -0.163. The first-order valence-electron chi connectivity index (χ1n) is 8.05. The summed E-state index contributed by atoms with van der Waals surface area (Å²) >= 11 is 0. The van der Waals surface area contributed by atoms with E-state index in [0.717, 1.165) is 12.8 Å². The van der Waals surface area contributed by atoms with Crippen molar-refractivity contribution in [1.29, 1.82) is 0 Å². The molecule has 1 N–H and O–H groups in total. The van der Waals surface area contributed by atoms with Gasteiger partial charge >= 0.3 is 0 Å². The van der Waals surface area contributed by atoms with Crippen LogP contribution in [-0.4, -0.2) is 48.1 Å². The minimum Gasteiger partial charge on any atom is -0.385 e. The minimum absolute atomic E-state index is 0.0109. The van der Waals surface area contributed by atoms with Crippen LogP contribution in [-0.2, 0) is 14.3 Å². The average molecular weight is 298 g/mol. The zero-order valence-corrected chi connectivity index (χ0v) is 14.1. The number of methoxy groups -OCH3 is 1. The number of nitrogens with one attached hydrogen (secondary N) is 1. The van der Waals surface area contributed by atoms with Crippen molar-refractivity contribution >= 4 is 11.8 Å². The van der Waals surface area contributed by atoms with Crippen molar-refractivity contribution in [1.82, 2.24) is 10.2 Å². The number of carbonyl (C=O) groups is 2. The number of piperazine rings is 1. The highest BCUT2D eigenvalue weighted by Gasteiger charge is 2.54. The van der Waals surface area contributed by atoms with Crippen LogP contribution in [0.4, 0.5) is 0 Å². The molecular formula is C16H30N2O3. The summed E-state index contributed by atoms with van der Waals surface area (Å²) in [6.07, 6.45) is 3.65. The van der Waals surface area contributed by atoms with E-state index in [9.17, 15) is 9.59 Å². The molecule has 5 nitrogen and oxygen atoms in total. The lowest BCUT2D eigenvalue weighted by Gasteiger charge is -2.51. The fraction of sp³-hybridized carbons (Fsp3) is 0.875. The fourth-order valence-electron chi connectivity index (χ4n) is 3.06. The van der Waals surface area contributed by atoms with Crippen LogP contribution < -0.4 is 5.32 Å². The molecule has 1 fully saturated rings. The third-order valence-corrected chi connectivity index (χ3v) is 4.90. The molecule has 0 spiro atoms. The molecule has 21 heavy (non-hydrogen) atoms. The molecule has 5 heteroatoms. The van der Waals surface area contributed by atoms with Crippen molar-refractivity contribution in [2.24, 2.45) is 0 Å². The number of amides is 2. The number of ether oxygens (including phenoxy) is 1. The van der Waals surface area contributed by atoms with Gasteiger partial charge in [0.25, 0.3) is 0 Å². The van der Waals surface area contributed by atoms with Gasteiger partial charge in [0, 0.05) is 20.3 Å². The Labute approximate surface area is 128 Å². The van der Waals surface area contributed by atoms with E-state index in [2.05, 4.69) is 5.32 Å². The maximum atomic E-state index is 12.9. The van der Waals surface area contributed by atoms with Gasteiger partial charge in [-0.25, -0.2) is 0 Å². The van der Waals surface area contributed by atoms with Crippen molar-refractivity contribution < 1.29 is 14.3 Å². The second-order valence-corrected chi connectivity index (χ2v) is 6.04. The zero-order valence-electron chi connectivity index (χ0n) is 14.1. The second kappa shape index (κ2) is 7.25. The second-order valence-electron chi connectivity index (χ2n) is 6.04. The van der Waals surface area contributed by atoms with Gasteiger partial charge in [0.05, 0.1) is 0 Å². The van der Waals surface area contributed by atoms with Crippen molar-refractivity contribution in [2.45, 2.75) is 70.9 Å². The van der Waals surface area contributed by atoms with Crippen molar-refractivity contribution in [3.05, 3.63) is 0 Å². The average Bonchev–Trinajstić information content (AvgIpc) is 2.49. The van der Waals surface area contributed by atoms with E-state index in [1.807, 2.05) is 32.6 Å². The topological polar surface area (TPSA) is 58.6 Å². The smallest absolute Gasteiger partial charge is 0.248 e. The summed E-state index contributed by atoms with van der Waals surface area (Å²) in [5.74, 6) is 0.0360. The predicted octanol–water partition coefficient (Wildman–Crippen LogP) is 2.10. The highest BCUT2D eigenvalue weighted by Crippen LogP contribution is 2.33. The van der Waals surface area contributed by atoms with E-state index in [1.54, 1.807) is 7.11 Å². The molecule has 0 aliphatic carbocycles. The van der Waals surface area contributed by atoms with E-state index in [4.69, 9.17) is 4.74 Å². The Hall–Kier alpha value is -1.10. The van der Waals surface area contributed by atoms with Gasteiger partial charge in [-0.15, -0.1) is 0 Å². The van der Waals surface area contributed by atoms with Gasteiger partial charge in [0.15, 0.2) is 0 Å². The van der Waals surface area contributed by atoms with Crippen LogP contribution >= 0.6 is 0 Å². The number of unbranched alkanes of at least 4 members (excludes halogenated alkanes) is 1. The lowest BCUT2D eigenvalue weighted by atomic mass is 9.81. The van der Waals surface area contributed by atoms with Crippen LogP contribution in [0.3, 0.4) is 0 Å². The van der Waals surface area contributed by atoms with E-state index in [0.29, 0.717) is 32.4 Å². The quantitative estimate of drug-likeness (QED) is 0.698. The molecule has 0 saturated carbocycles. The van der Waals surface area contributed by atoms with Gasteiger partial charge in [-0.2, -0.15) is 0 Å². The maximum absolute atomic E-state index is 12.9. The summed E-state index contributed by atoms with van der Waals surface area (Å²) in [6, 6.07) is 0. The Morgan fingerprint density at radius 3 is 2.19 bits per heavy atom. The van der Waals surface area contributed by atoms with Crippen molar-refractivity contribution in [3.63, 3.8) is 0 Å². The van der Waals surface area contributed by atoms with Gasteiger partial charge in [0.1, 0.15) is 11.1 Å². The summed E-state index contributed by atoms with van der Waals surface area (Å²) in [5.41, 5.74) is -1.47. The maximum Gasteiger partial charge on any atom is 0.248 e. The predicted molar refractivity (Wildman–Crippen MR) is 83.0 cm³/mol. The number of hydrogen-bond donors (Lipinski definition) is 1. The molecule has 0 aromatic carbocycles. The first-order chi connectivity index (χ1) is 9.91. The molecule has 2 amide bonds. The summed E-state index contributed by atoms with van der Waals surface area (Å²) in [4.78, 5) is 27.4. The molecule has 1 saturated heterocycles. The Bertz CT molecular complexity index is 380. The Morgan fingerprint density at radius 2 is 1.71 bits per heavy atom. The van der Waals surface area contributed by atoms with E-state index < -0.39 is 11.1 Å². The highest BCUT2D eigenvalue weighted by atomic mass is 16.5. The van der Waals surface area contributed by atoms with E-state index in [-0.39, 0.29) is 11.8 Å². The molecule has 0 aromatic rings. The van der Waals surface area contributed by atoms with E-state index >= 15 is 0 Å². The van der Waals surface area contributed by atoms with Gasteiger partial charge in [-0.05, 0) is 39.0 Å². The van der Waals surface area contributed by atoms with Crippen LogP contribution in [0.15, 0.2) is 0 Å². The van der Waals surface area contributed by atoms with Crippen LogP contribution in [0.25, 0.3) is 0 Å². The Balaban J connectivity index is 3.01. The molecule has 0 bridgehead atoms. The number of carbonyl (C=O) groups excluding carboxylic acids is 2. The van der Waals surface area contributed by atoms with Gasteiger partial charge in [-0.3, -0.25) is 9.59 Å². The third-order valence-electron chi connectivity index (χ3n) is 4.90. The number of hydrogen-bond acceptors (Lipinski definition) is 3. The summed E-state index contributed by atoms with van der Waals surface area (Å²) in [6.45, 7) is 9.02. The van der Waals surface area contributed by atoms with Crippen LogP contribution in [0.5, 0.6) is 0 Å². The molecule has 122 valence electrons. The molecule has 1 heterocycles. The monoisotopic (exact) mass is 298 g/mol. The van der Waals surface area contributed by atoms with Gasteiger partial charge in [0.2, 0.25) is 11.8 Å². The lowest BCUT2D eigenvalue weighted by Crippen LogP contribution is -2.74. The van der Waals surface area contributed by atoms with Gasteiger partial charge < -0.3 is 15.0 Å². The van der Waals surface area contributed by atoms with E-state index in [1.165, 1.54) is 0 Å². The first-order valence-corrected chi connectivity index (χ1v) is 8.05. The highest BCUT2D eigenvalue weighted by molar-refractivity contribution is 6.02. The summed E-state index contributed by atoms with van der Waals surface area (Å²) < 4.78 is 5.06. The zero-order chi connectivity index (χ0) is 16.1. The van der Waals surface area contributed by atoms with Crippen molar-refractivity contribution in [2.75, 3.05) is 20.3 Å². The largest absolute Gasteiger partial charge is 0.385 e. The van der Waals surface area contributed by atoms with Gasteiger partial charge in [-0.1, -0.05) is 20.8 Å². The van der Waals surface area contributed by atoms with Crippen molar-refractivity contribution in [3.8, 4) is 0 Å². The number of nitrogens with zero attached hydrogens (tertiary/aromatic N) is 1. The molecule has 1 aliphatic heterocycles. The fourth-order valence-corrected chi connectivity index (χ4v) is 3.06. The van der Waals surface area contributed by atoms with Crippen LogP contribution in [0, 0.1) is 0 Å². The SMILES string of the molecule is CCC1(C)NC(=O)C(CC)(CC)N(CCCCOC)C1=O. The molecule has 1 aliphatic rings. The molecule has 0 aromatic heterocycles. The Kier molecular flexibility index (Phi) is 6.20. The summed E-state index contributed by atoms with van der Waals surface area (Å²) in [5, 5.41) is 2.96. The van der Waals surface area contributed by atoms with Crippen LogP contribution in [0.2, 0.25) is 0 Å². The first kappa shape index (κ1) is 18.0. The minimum atomic E-state index is -0.772. The number of rotatable bonds is 8. The normalized spacial score (nSPS) is 25.1. The molecule has 1 atom stereocenters. The molecule has 0 radical (unpaired) electrons. The van der Waals surface area contributed by atoms with Crippen LogP contribution in [0.1, 0.15) is 59.8 Å². The summed E-state index contributed by atoms with van der Waals surface area (Å²) in [7, 11) is 1.68. The Morgan fingerprint density at radius 1 is 1.10 bits per heavy atom. The molecular weight excluding hydrogens is 268 g/mol.